The fraction of sp³-hybridized carbons (Fsp3) is 0.474. The summed E-state index contributed by atoms with van der Waals surface area (Å²) in [6.45, 7) is 11.6. The van der Waals surface area contributed by atoms with Crippen LogP contribution in [0.1, 0.15) is 18.3 Å². The van der Waals surface area contributed by atoms with Gasteiger partial charge in [0.05, 0.1) is 29.3 Å². The molecule has 6 nitrogen and oxygen atoms in total. The molecule has 2 aromatic rings. The first kappa shape index (κ1) is 17.6. The lowest BCUT2D eigenvalue weighted by Crippen LogP contribution is -2.48. The van der Waals surface area contributed by atoms with Gasteiger partial charge in [-0.15, -0.1) is 0 Å². The SMILES string of the molecule is CCN1CCN(CC(=O)Nc2c(C)nn(-c3ccccc3)c2C)CC1. The highest BCUT2D eigenvalue weighted by Gasteiger charge is 2.20. The van der Waals surface area contributed by atoms with Crippen molar-refractivity contribution in [3.63, 3.8) is 0 Å². The predicted octanol–water partition coefficient (Wildman–Crippen LogP) is 2.07. The number of benzene rings is 1. The predicted molar refractivity (Wildman–Crippen MR) is 100 cm³/mol. The molecule has 25 heavy (non-hydrogen) atoms. The summed E-state index contributed by atoms with van der Waals surface area (Å²) in [5.41, 5.74) is 3.61. The summed E-state index contributed by atoms with van der Waals surface area (Å²) < 4.78 is 1.88. The summed E-state index contributed by atoms with van der Waals surface area (Å²) in [7, 11) is 0. The minimum atomic E-state index is 0.0313. The van der Waals surface area contributed by atoms with Crippen LogP contribution < -0.4 is 5.32 Å². The van der Waals surface area contributed by atoms with Gasteiger partial charge in [-0.1, -0.05) is 25.1 Å². The molecule has 1 aliphatic heterocycles. The monoisotopic (exact) mass is 341 g/mol. The Kier molecular flexibility index (Phi) is 5.50. The fourth-order valence-electron chi connectivity index (χ4n) is 3.29. The number of amides is 1. The normalized spacial score (nSPS) is 16.1. The van der Waals surface area contributed by atoms with Crippen LogP contribution in [-0.4, -0.2) is 64.8 Å². The van der Waals surface area contributed by atoms with Crippen molar-refractivity contribution in [1.82, 2.24) is 19.6 Å². The van der Waals surface area contributed by atoms with Crippen LogP contribution in [-0.2, 0) is 4.79 Å². The number of anilines is 1. The van der Waals surface area contributed by atoms with Crippen LogP contribution in [0.25, 0.3) is 5.69 Å². The third kappa shape index (κ3) is 4.08. The molecule has 0 radical (unpaired) electrons. The second kappa shape index (κ2) is 7.80. The van der Waals surface area contributed by atoms with E-state index < -0.39 is 0 Å². The Balaban J connectivity index is 1.65. The highest BCUT2D eigenvalue weighted by atomic mass is 16.2. The zero-order valence-electron chi connectivity index (χ0n) is 15.3. The first-order valence-electron chi connectivity index (χ1n) is 8.94. The smallest absolute Gasteiger partial charge is 0.238 e. The zero-order valence-corrected chi connectivity index (χ0v) is 15.3. The highest BCUT2D eigenvalue weighted by molar-refractivity contribution is 5.93. The maximum atomic E-state index is 12.5. The number of piperazine rings is 1. The average molecular weight is 341 g/mol. The molecular formula is C19H27N5O. The Bertz CT molecular complexity index is 717. The van der Waals surface area contributed by atoms with E-state index in [0.717, 1.165) is 55.5 Å². The number of nitrogens with zero attached hydrogens (tertiary/aromatic N) is 4. The van der Waals surface area contributed by atoms with Gasteiger partial charge in [0.2, 0.25) is 5.91 Å². The molecule has 0 saturated carbocycles. The largest absolute Gasteiger partial charge is 0.322 e. The van der Waals surface area contributed by atoms with Crippen LogP contribution in [0.3, 0.4) is 0 Å². The molecule has 134 valence electrons. The molecule has 1 aliphatic rings. The molecule has 1 saturated heterocycles. The van der Waals surface area contributed by atoms with Crippen LogP contribution in [0.5, 0.6) is 0 Å². The second-order valence-electron chi connectivity index (χ2n) is 6.55. The molecule has 0 unspecified atom stereocenters. The van der Waals surface area contributed by atoms with E-state index in [-0.39, 0.29) is 5.91 Å². The van der Waals surface area contributed by atoms with Gasteiger partial charge in [0, 0.05) is 26.2 Å². The molecule has 2 heterocycles. The van der Waals surface area contributed by atoms with Gasteiger partial charge in [-0.3, -0.25) is 9.69 Å². The van der Waals surface area contributed by atoms with Crippen LogP contribution in [0.15, 0.2) is 30.3 Å². The van der Waals surface area contributed by atoms with Gasteiger partial charge in [0.25, 0.3) is 0 Å². The van der Waals surface area contributed by atoms with Crippen molar-refractivity contribution >= 4 is 11.6 Å². The number of para-hydroxylation sites is 1. The van der Waals surface area contributed by atoms with E-state index in [2.05, 4.69) is 27.1 Å². The molecule has 0 atom stereocenters. The summed E-state index contributed by atoms with van der Waals surface area (Å²) >= 11 is 0. The summed E-state index contributed by atoms with van der Waals surface area (Å²) in [4.78, 5) is 17.1. The molecular weight excluding hydrogens is 314 g/mol. The molecule has 0 bridgehead atoms. The molecule has 1 aromatic carbocycles. The molecule has 1 aromatic heterocycles. The van der Waals surface area contributed by atoms with E-state index in [1.807, 2.05) is 48.9 Å². The second-order valence-corrected chi connectivity index (χ2v) is 6.55. The van der Waals surface area contributed by atoms with Crippen molar-refractivity contribution in [2.24, 2.45) is 0 Å². The van der Waals surface area contributed by atoms with Crippen molar-refractivity contribution in [1.29, 1.82) is 0 Å². The van der Waals surface area contributed by atoms with E-state index in [4.69, 9.17) is 0 Å². The van der Waals surface area contributed by atoms with Crippen molar-refractivity contribution < 1.29 is 4.79 Å². The van der Waals surface area contributed by atoms with Gasteiger partial charge in [-0.2, -0.15) is 5.10 Å². The van der Waals surface area contributed by atoms with Gasteiger partial charge in [-0.25, -0.2) is 4.68 Å². The molecule has 0 spiro atoms. The number of carbonyl (C=O) groups excluding carboxylic acids is 1. The first-order valence-corrected chi connectivity index (χ1v) is 8.94. The molecule has 1 fully saturated rings. The van der Waals surface area contributed by atoms with Crippen molar-refractivity contribution in [3.05, 3.63) is 41.7 Å². The lowest BCUT2D eigenvalue weighted by molar-refractivity contribution is -0.117. The van der Waals surface area contributed by atoms with Crippen molar-refractivity contribution in [2.75, 3.05) is 44.6 Å². The van der Waals surface area contributed by atoms with E-state index in [1.165, 1.54) is 0 Å². The summed E-state index contributed by atoms with van der Waals surface area (Å²) in [5.74, 6) is 0.0313. The number of carbonyl (C=O) groups is 1. The molecule has 1 N–H and O–H groups in total. The van der Waals surface area contributed by atoms with E-state index in [1.54, 1.807) is 0 Å². The fourth-order valence-corrected chi connectivity index (χ4v) is 3.29. The van der Waals surface area contributed by atoms with Crippen LogP contribution in [0, 0.1) is 13.8 Å². The Hall–Kier alpha value is -2.18. The van der Waals surface area contributed by atoms with E-state index >= 15 is 0 Å². The Labute approximate surface area is 149 Å². The van der Waals surface area contributed by atoms with Gasteiger partial charge >= 0.3 is 0 Å². The Morgan fingerprint density at radius 1 is 1.08 bits per heavy atom. The Morgan fingerprint density at radius 3 is 2.36 bits per heavy atom. The van der Waals surface area contributed by atoms with Gasteiger partial charge < -0.3 is 10.2 Å². The number of aryl methyl sites for hydroxylation is 1. The first-order chi connectivity index (χ1) is 12.1. The number of hydrogen-bond donors (Lipinski definition) is 1. The van der Waals surface area contributed by atoms with Crippen LogP contribution >= 0.6 is 0 Å². The third-order valence-electron chi connectivity index (χ3n) is 4.84. The highest BCUT2D eigenvalue weighted by Crippen LogP contribution is 2.22. The van der Waals surface area contributed by atoms with Crippen LogP contribution in [0.4, 0.5) is 5.69 Å². The summed E-state index contributed by atoms with van der Waals surface area (Å²) in [6.07, 6.45) is 0. The van der Waals surface area contributed by atoms with Gasteiger partial charge in [0.1, 0.15) is 0 Å². The van der Waals surface area contributed by atoms with Gasteiger partial charge in [0.15, 0.2) is 0 Å². The molecule has 6 heteroatoms. The standard InChI is InChI=1S/C19H27N5O/c1-4-22-10-12-23(13-11-22)14-18(25)20-19-15(2)21-24(16(19)3)17-8-6-5-7-9-17/h5-9H,4,10-14H2,1-3H3,(H,20,25). The average Bonchev–Trinajstić information content (AvgIpc) is 2.91. The third-order valence-corrected chi connectivity index (χ3v) is 4.84. The quantitative estimate of drug-likeness (QED) is 0.904. The maximum absolute atomic E-state index is 12.5. The Morgan fingerprint density at radius 2 is 1.72 bits per heavy atom. The van der Waals surface area contributed by atoms with E-state index in [0.29, 0.717) is 6.54 Å². The summed E-state index contributed by atoms with van der Waals surface area (Å²) in [6, 6.07) is 9.98. The minimum Gasteiger partial charge on any atom is -0.322 e. The molecule has 0 aliphatic carbocycles. The number of aromatic nitrogens is 2. The van der Waals surface area contributed by atoms with E-state index in [9.17, 15) is 4.79 Å². The number of rotatable bonds is 5. The lowest BCUT2D eigenvalue weighted by Gasteiger charge is -2.33. The zero-order chi connectivity index (χ0) is 17.8. The van der Waals surface area contributed by atoms with Crippen molar-refractivity contribution in [3.8, 4) is 5.69 Å². The number of hydrogen-bond acceptors (Lipinski definition) is 4. The van der Waals surface area contributed by atoms with Crippen molar-refractivity contribution in [2.45, 2.75) is 20.8 Å². The van der Waals surface area contributed by atoms with Gasteiger partial charge in [-0.05, 0) is 32.5 Å². The summed E-state index contributed by atoms with van der Waals surface area (Å²) in [5, 5.41) is 7.65. The van der Waals surface area contributed by atoms with Crippen LogP contribution in [0.2, 0.25) is 0 Å². The lowest BCUT2D eigenvalue weighted by atomic mass is 10.2. The molecule has 1 amide bonds. The molecule has 3 rings (SSSR count). The topological polar surface area (TPSA) is 53.4 Å². The minimum absolute atomic E-state index is 0.0313. The maximum Gasteiger partial charge on any atom is 0.238 e. The number of likely N-dealkylation sites (N-methyl/N-ethyl adjacent to an activating group) is 1. The number of nitrogens with one attached hydrogen (secondary N) is 1.